The Balaban J connectivity index is 0.000000371. The maximum atomic E-state index is 10.3. The van der Waals surface area contributed by atoms with Crippen LogP contribution in [-0.2, 0) is 4.79 Å². The van der Waals surface area contributed by atoms with Crippen LogP contribution in [0.15, 0.2) is 0 Å². The summed E-state index contributed by atoms with van der Waals surface area (Å²) in [4.78, 5) is 10.3. The van der Waals surface area contributed by atoms with Crippen molar-refractivity contribution in [1.29, 1.82) is 0 Å². The Bertz CT molecular complexity index is 94.3. The van der Waals surface area contributed by atoms with Crippen molar-refractivity contribution in [2.24, 2.45) is 11.1 Å². The molecular formula is C7H16N2O. The van der Waals surface area contributed by atoms with Crippen molar-refractivity contribution in [2.45, 2.75) is 13.3 Å². The van der Waals surface area contributed by atoms with Crippen LogP contribution in [0.5, 0.6) is 0 Å². The summed E-state index contributed by atoms with van der Waals surface area (Å²) in [7, 11) is 1.50. The first kappa shape index (κ1) is 9.59. The number of carbonyl (C=O) groups is 1. The molecule has 3 nitrogen and oxygen atoms in total. The van der Waals surface area contributed by atoms with Crippen molar-refractivity contribution >= 4 is 6.29 Å². The van der Waals surface area contributed by atoms with E-state index in [4.69, 9.17) is 0 Å². The van der Waals surface area contributed by atoms with Gasteiger partial charge in [-0.1, -0.05) is 6.92 Å². The lowest BCUT2D eigenvalue weighted by Gasteiger charge is -2.36. The summed E-state index contributed by atoms with van der Waals surface area (Å²) in [6.45, 7) is 3.81. The molecule has 0 aromatic rings. The normalized spacial score (nSPS) is 19.9. The Morgan fingerprint density at radius 3 is 2.10 bits per heavy atom. The molecule has 1 saturated heterocycles. The smallest absolute Gasteiger partial charge is 0.128 e. The number of hydrogen-bond donors (Lipinski definition) is 2. The highest BCUT2D eigenvalue weighted by atomic mass is 16.1. The molecule has 1 heterocycles. The van der Waals surface area contributed by atoms with E-state index in [0.29, 0.717) is 0 Å². The van der Waals surface area contributed by atoms with Gasteiger partial charge in [0.25, 0.3) is 0 Å². The van der Waals surface area contributed by atoms with Crippen LogP contribution in [0.3, 0.4) is 0 Å². The molecule has 3 N–H and O–H groups in total. The van der Waals surface area contributed by atoms with Crippen LogP contribution >= 0.6 is 0 Å². The molecule has 0 saturated carbocycles. The molecule has 0 bridgehead atoms. The number of nitrogens with two attached hydrogens (primary N) is 1. The Morgan fingerprint density at radius 2 is 2.10 bits per heavy atom. The van der Waals surface area contributed by atoms with Crippen LogP contribution in [-0.4, -0.2) is 26.4 Å². The maximum Gasteiger partial charge on any atom is 0.128 e. The van der Waals surface area contributed by atoms with Crippen molar-refractivity contribution in [1.82, 2.24) is 5.32 Å². The first-order chi connectivity index (χ1) is 4.83. The summed E-state index contributed by atoms with van der Waals surface area (Å²) in [6, 6.07) is 0. The van der Waals surface area contributed by atoms with Crippen molar-refractivity contribution < 1.29 is 4.79 Å². The number of nitrogens with one attached hydrogen (secondary N) is 1. The van der Waals surface area contributed by atoms with Gasteiger partial charge in [-0.15, -0.1) is 0 Å². The van der Waals surface area contributed by atoms with Crippen molar-refractivity contribution in [3.63, 3.8) is 0 Å². The van der Waals surface area contributed by atoms with E-state index in [0.717, 1.165) is 25.8 Å². The fraction of sp³-hybridized carbons (Fsp3) is 0.857. The van der Waals surface area contributed by atoms with Gasteiger partial charge in [0.1, 0.15) is 6.29 Å². The van der Waals surface area contributed by atoms with Crippen LogP contribution in [0.2, 0.25) is 0 Å². The van der Waals surface area contributed by atoms with E-state index >= 15 is 0 Å². The van der Waals surface area contributed by atoms with E-state index < -0.39 is 0 Å². The third-order valence-electron chi connectivity index (χ3n) is 1.91. The molecule has 3 heteroatoms. The van der Waals surface area contributed by atoms with Crippen LogP contribution in [0.1, 0.15) is 13.3 Å². The minimum absolute atomic E-state index is 0.0139. The van der Waals surface area contributed by atoms with Gasteiger partial charge in [0.15, 0.2) is 0 Å². The van der Waals surface area contributed by atoms with Gasteiger partial charge in [-0.2, -0.15) is 0 Å². The van der Waals surface area contributed by atoms with Crippen LogP contribution in [0, 0.1) is 5.41 Å². The lowest BCUT2D eigenvalue weighted by molar-refractivity contribution is -0.118. The Hall–Kier alpha value is -0.410. The number of hydrogen-bond acceptors (Lipinski definition) is 3. The van der Waals surface area contributed by atoms with Gasteiger partial charge in [-0.3, -0.25) is 0 Å². The van der Waals surface area contributed by atoms with E-state index in [9.17, 15) is 4.79 Å². The quantitative estimate of drug-likeness (QED) is 0.526. The highest BCUT2D eigenvalue weighted by Gasteiger charge is 2.34. The fourth-order valence-electron chi connectivity index (χ4n) is 0.863. The van der Waals surface area contributed by atoms with Gasteiger partial charge in [0.2, 0.25) is 0 Å². The second-order valence-corrected chi connectivity index (χ2v) is 2.44. The Morgan fingerprint density at radius 1 is 1.60 bits per heavy atom. The summed E-state index contributed by atoms with van der Waals surface area (Å²) >= 11 is 0. The van der Waals surface area contributed by atoms with Crippen LogP contribution in [0.4, 0.5) is 0 Å². The highest BCUT2D eigenvalue weighted by Crippen LogP contribution is 2.22. The zero-order valence-corrected chi connectivity index (χ0v) is 6.68. The molecule has 0 atom stereocenters. The molecule has 0 radical (unpaired) electrons. The molecule has 0 aliphatic carbocycles. The molecule has 0 spiro atoms. The summed E-state index contributed by atoms with van der Waals surface area (Å²) in [6.07, 6.45) is 2.05. The molecule has 1 fully saturated rings. The van der Waals surface area contributed by atoms with Gasteiger partial charge >= 0.3 is 0 Å². The van der Waals surface area contributed by atoms with E-state index in [-0.39, 0.29) is 5.41 Å². The Labute approximate surface area is 62.0 Å². The van der Waals surface area contributed by atoms with E-state index in [1.54, 1.807) is 0 Å². The molecule has 0 unspecified atom stereocenters. The van der Waals surface area contributed by atoms with Crippen molar-refractivity contribution in [2.75, 3.05) is 20.1 Å². The largest absolute Gasteiger partial charge is 0.333 e. The number of aldehydes is 1. The Kier molecular flexibility index (Phi) is 4.23. The van der Waals surface area contributed by atoms with Crippen LogP contribution < -0.4 is 11.1 Å². The van der Waals surface area contributed by atoms with Crippen molar-refractivity contribution in [3.05, 3.63) is 0 Å². The first-order valence-electron chi connectivity index (χ1n) is 3.58. The van der Waals surface area contributed by atoms with Gasteiger partial charge < -0.3 is 15.8 Å². The average Bonchev–Trinajstić information content (AvgIpc) is 1.93. The minimum atomic E-state index is 0.0139. The second-order valence-electron chi connectivity index (χ2n) is 2.44. The van der Waals surface area contributed by atoms with Gasteiger partial charge in [-0.25, -0.2) is 0 Å². The number of carbonyl (C=O) groups excluding carboxylic acids is 1. The lowest BCUT2D eigenvalue weighted by Crippen LogP contribution is -2.54. The monoisotopic (exact) mass is 144 g/mol. The second kappa shape index (κ2) is 4.41. The fourth-order valence-corrected chi connectivity index (χ4v) is 0.863. The molecule has 60 valence electrons. The molecule has 1 aliphatic rings. The summed E-state index contributed by atoms with van der Waals surface area (Å²) in [5.74, 6) is 0. The summed E-state index contributed by atoms with van der Waals surface area (Å²) in [5.41, 5.74) is 4.51. The topological polar surface area (TPSA) is 55.1 Å². The summed E-state index contributed by atoms with van der Waals surface area (Å²) < 4.78 is 0. The predicted molar refractivity (Wildman–Crippen MR) is 41.8 cm³/mol. The zero-order valence-electron chi connectivity index (χ0n) is 6.68. The molecule has 0 aromatic carbocycles. The molecule has 1 rings (SSSR count). The SMILES string of the molecule is CCC1(C=O)CNC1.CN. The highest BCUT2D eigenvalue weighted by molar-refractivity contribution is 5.61. The first-order valence-corrected chi connectivity index (χ1v) is 3.58. The summed E-state index contributed by atoms with van der Waals surface area (Å²) in [5, 5.41) is 3.07. The van der Waals surface area contributed by atoms with Gasteiger partial charge in [-0.05, 0) is 13.5 Å². The van der Waals surface area contributed by atoms with E-state index in [1.165, 1.54) is 7.05 Å². The molecule has 0 amide bonds. The van der Waals surface area contributed by atoms with E-state index in [2.05, 4.69) is 18.0 Å². The minimum Gasteiger partial charge on any atom is -0.333 e. The lowest BCUT2D eigenvalue weighted by atomic mass is 9.81. The zero-order chi connectivity index (χ0) is 8.04. The van der Waals surface area contributed by atoms with Gasteiger partial charge in [0.05, 0.1) is 5.41 Å². The standard InChI is InChI=1S/C6H11NO.CH5N/c1-2-6(5-8)3-7-4-6;1-2/h5,7H,2-4H2,1H3;2H2,1H3. The molecular weight excluding hydrogens is 128 g/mol. The van der Waals surface area contributed by atoms with Crippen LogP contribution in [0.25, 0.3) is 0 Å². The molecule has 10 heavy (non-hydrogen) atoms. The average molecular weight is 144 g/mol. The van der Waals surface area contributed by atoms with E-state index in [1.807, 2.05) is 0 Å². The molecule has 1 aliphatic heterocycles. The maximum absolute atomic E-state index is 10.3. The third-order valence-corrected chi connectivity index (χ3v) is 1.91. The van der Waals surface area contributed by atoms with Crippen molar-refractivity contribution in [3.8, 4) is 0 Å². The molecule has 0 aromatic heterocycles. The third kappa shape index (κ3) is 1.78. The predicted octanol–water partition coefficient (Wildman–Crippen LogP) is -0.240. The number of rotatable bonds is 2. The van der Waals surface area contributed by atoms with Gasteiger partial charge in [0, 0.05) is 13.1 Å².